The van der Waals surface area contributed by atoms with Gasteiger partial charge in [0.2, 0.25) is 10.0 Å². The first-order valence-electron chi connectivity index (χ1n) is 6.52. The van der Waals surface area contributed by atoms with Gasteiger partial charge in [0.25, 0.3) is 0 Å². The number of nitrogens with zero attached hydrogens (tertiary/aromatic N) is 2. The Morgan fingerprint density at radius 1 is 1.47 bits per heavy atom. The first kappa shape index (κ1) is 14.5. The molecule has 0 saturated carbocycles. The first-order valence-corrected chi connectivity index (χ1v) is 7.96. The molecule has 0 amide bonds. The van der Waals surface area contributed by atoms with Crippen LogP contribution in [0.3, 0.4) is 0 Å². The Kier molecular flexibility index (Phi) is 3.98. The molecule has 0 bridgehead atoms. The molecule has 6 nitrogen and oxygen atoms in total. The van der Waals surface area contributed by atoms with Crippen LogP contribution in [0.4, 0.5) is 0 Å². The van der Waals surface area contributed by atoms with Crippen molar-refractivity contribution in [2.75, 3.05) is 13.1 Å². The van der Waals surface area contributed by atoms with Gasteiger partial charge in [-0.25, -0.2) is 8.42 Å². The fourth-order valence-electron chi connectivity index (χ4n) is 2.72. The molecule has 2 N–H and O–H groups in total. The third kappa shape index (κ3) is 2.54. The Balaban J connectivity index is 2.39. The summed E-state index contributed by atoms with van der Waals surface area (Å²) < 4.78 is 32.0. The monoisotopic (exact) mass is 287 g/mol. The van der Waals surface area contributed by atoms with Gasteiger partial charge in [-0.1, -0.05) is 12.1 Å². The van der Waals surface area contributed by atoms with Crippen LogP contribution in [0, 0.1) is 19.8 Å². The Bertz CT molecular complexity index is 533. The van der Waals surface area contributed by atoms with Gasteiger partial charge in [-0.2, -0.15) is 4.31 Å². The largest absolute Gasteiger partial charge is 0.360 e. The molecule has 2 rings (SSSR count). The van der Waals surface area contributed by atoms with Crippen LogP contribution in [0.15, 0.2) is 9.42 Å². The van der Waals surface area contributed by atoms with Crippen LogP contribution in [-0.4, -0.2) is 37.0 Å². The molecule has 1 aliphatic rings. The second-order valence-electron chi connectivity index (χ2n) is 5.29. The number of sulfonamides is 1. The maximum atomic E-state index is 12.7. The van der Waals surface area contributed by atoms with E-state index in [1.165, 1.54) is 4.31 Å². The average Bonchev–Trinajstić information content (AvgIpc) is 2.68. The second kappa shape index (κ2) is 5.22. The van der Waals surface area contributed by atoms with Crippen molar-refractivity contribution in [3.05, 3.63) is 11.5 Å². The number of aryl methyl sites for hydroxylation is 2. The van der Waals surface area contributed by atoms with Crippen molar-refractivity contribution in [1.29, 1.82) is 0 Å². The lowest BCUT2D eigenvalue weighted by Gasteiger charge is -2.36. The summed E-state index contributed by atoms with van der Waals surface area (Å²) in [5.41, 5.74) is 6.15. The van der Waals surface area contributed by atoms with Crippen LogP contribution < -0.4 is 5.73 Å². The Morgan fingerprint density at radius 3 is 2.68 bits per heavy atom. The zero-order valence-electron chi connectivity index (χ0n) is 11.6. The standard InChI is InChI=1S/C12H21N3O3S/c1-8-4-5-15(11(6-8)7-13)19(16,17)12-9(2)14-18-10(12)3/h8,11H,4-7,13H2,1-3H3. The van der Waals surface area contributed by atoms with E-state index in [0.29, 0.717) is 30.5 Å². The van der Waals surface area contributed by atoms with Crippen molar-refractivity contribution < 1.29 is 12.9 Å². The van der Waals surface area contributed by atoms with Gasteiger partial charge < -0.3 is 10.3 Å². The van der Waals surface area contributed by atoms with Crippen LogP contribution >= 0.6 is 0 Å². The Labute approximate surface area is 114 Å². The molecule has 2 atom stereocenters. The maximum absolute atomic E-state index is 12.7. The van der Waals surface area contributed by atoms with E-state index in [1.807, 2.05) is 0 Å². The smallest absolute Gasteiger partial charge is 0.248 e. The van der Waals surface area contributed by atoms with E-state index >= 15 is 0 Å². The first-order chi connectivity index (χ1) is 8.87. The van der Waals surface area contributed by atoms with E-state index < -0.39 is 10.0 Å². The van der Waals surface area contributed by atoms with Gasteiger partial charge in [0.1, 0.15) is 10.6 Å². The average molecular weight is 287 g/mol. The van der Waals surface area contributed by atoms with Crippen LogP contribution in [0.25, 0.3) is 0 Å². The molecule has 1 fully saturated rings. The quantitative estimate of drug-likeness (QED) is 0.897. The van der Waals surface area contributed by atoms with Crippen LogP contribution in [0.5, 0.6) is 0 Å². The van der Waals surface area contributed by atoms with Crippen LogP contribution in [0.1, 0.15) is 31.2 Å². The van der Waals surface area contributed by atoms with Crippen molar-refractivity contribution in [2.45, 2.75) is 44.6 Å². The fraction of sp³-hybridized carbons (Fsp3) is 0.750. The molecule has 1 aromatic rings. The molecule has 0 aliphatic carbocycles. The minimum absolute atomic E-state index is 0.137. The second-order valence-corrected chi connectivity index (χ2v) is 7.12. The number of hydrogen-bond donors (Lipinski definition) is 1. The maximum Gasteiger partial charge on any atom is 0.248 e. The van der Waals surface area contributed by atoms with Crippen molar-refractivity contribution >= 4 is 10.0 Å². The van der Waals surface area contributed by atoms with E-state index in [9.17, 15) is 8.42 Å². The highest BCUT2D eigenvalue weighted by molar-refractivity contribution is 7.89. The summed E-state index contributed by atoms with van der Waals surface area (Å²) in [6.45, 7) is 6.25. The highest BCUT2D eigenvalue weighted by atomic mass is 32.2. The van der Waals surface area contributed by atoms with Crippen LogP contribution in [-0.2, 0) is 10.0 Å². The van der Waals surface area contributed by atoms with E-state index in [0.717, 1.165) is 12.8 Å². The lowest BCUT2D eigenvalue weighted by molar-refractivity contribution is 0.211. The predicted octanol–water partition coefficient (Wildman–Crippen LogP) is 1.04. The number of nitrogens with two attached hydrogens (primary N) is 1. The van der Waals surface area contributed by atoms with Gasteiger partial charge in [0, 0.05) is 19.1 Å². The molecule has 2 heterocycles. The van der Waals surface area contributed by atoms with E-state index in [4.69, 9.17) is 10.3 Å². The molecule has 1 aliphatic heterocycles. The molecule has 2 unspecified atom stereocenters. The number of aromatic nitrogens is 1. The van der Waals surface area contributed by atoms with Gasteiger partial charge in [0.15, 0.2) is 5.76 Å². The summed E-state index contributed by atoms with van der Waals surface area (Å²) in [5, 5.41) is 3.73. The van der Waals surface area contributed by atoms with E-state index in [-0.39, 0.29) is 10.9 Å². The summed E-state index contributed by atoms with van der Waals surface area (Å²) >= 11 is 0. The minimum atomic E-state index is -3.57. The third-order valence-electron chi connectivity index (χ3n) is 3.73. The van der Waals surface area contributed by atoms with Crippen molar-refractivity contribution in [3.8, 4) is 0 Å². The van der Waals surface area contributed by atoms with Crippen molar-refractivity contribution in [3.63, 3.8) is 0 Å². The Morgan fingerprint density at radius 2 is 2.16 bits per heavy atom. The zero-order chi connectivity index (χ0) is 14.2. The van der Waals surface area contributed by atoms with Gasteiger partial charge in [0.05, 0.1) is 0 Å². The fourth-order valence-corrected chi connectivity index (χ4v) is 4.68. The lowest BCUT2D eigenvalue weighted by Crippen LogP contribution is -2.49. The third-order valence-corrected chi connectivity index (χ3v) is 5.93. The molecule has 1 saturated heterocycles. The molecule has 19 heavy (non-hydrogen) atoms. The van der Waals surface area contributed by atoms with Crippen LogP contribution in [0.2, 0.25) is 0 Å². The molecule has 0 aromatic carbocycles. The summed E-state index contributed by atoms with van der Waals surface area (Å²) in [6.07, 6.45) is 1.66. The molecular formula is C12H21N3O3S. The molecule has 0 radical (unpaired) electrons. The van der Waals surface area contributed by atoms with Gasteiger partial charge in [-0.15, -0.1) is 0 Å². The number of rotatable bonds is 3. The van der Waals surface area contributed by atoms with Gasteiger partial charge in [-0.05, 0) is 32.6 Å². The molecule has 1 aromatic heterocycles. The summed E-state index contributed by atoms with van der Waals surface area (Å²) in [4.78, 5) is 0.195. The van der Waals surface area contributed by atoms with Crippen molar-refractivity contribution in [2.24, 2.45) is 11.7 Å². The molecule has 7 heteroatoms. The van der Waals surface area contributed by atoms with E-state index in [2.05, 4.69) is 12.1 Å². The molecular weight excluding hydrogens is 266 g/mol. The van der Waals surface area contributed by atoms with Gasteiger partial charge >= 0.3 is 0 Å². The topological polar surface area (TPSA) is 89.4 Å². The normalized spacial score (nSPS) is 25.7. The zero-order valence-corrected chi connectivity index (χ0v) is 12.4. The van der Waals surface area contributed by atoms with Crippen molar-refractivity contribution in [1.82, 2.24) is 9.46 Å². The summed E-state index contributed by atoms with van der Waals surface area (Å²) in [6, 6.07) is -0.137. The molecule has 0 spiro atoms. The minimum Gasteiger partial charge on any atom is -0.360 e. The SMILES string of the molecule is Cc1noc(C)c1S(=O)(=O)N1CCC(C)CC1CN. The lowest BCUT2D eigenvalue weighted by atomic mass is 9.94. The van der Waals surface area contributed by atoms with E-state index in [1.54, 1.807) is 13.8 Å². The molecule has 108 valence electrons. The highest BCUT2D eigenvalue weighted by Crippen LogP contribution is 2.30. The van der Waals surface area contributed by atoms with Gasteiger partial charge in [-0.3, -0.25) is 0 Å². The summed E-state index contributed by atoms with van der Waals surface area (Å²) in [5.74, 6) is 0.844. The summed E-state index contributed by atoms with van der Waals surface area (Å²) in [7, 11) is -3.57. The Hall–Kier alpha value is -0.920. The number of piperidine rings is 1. The predicted molar refractivity (Wildman–Crippen MR) is 71.1 cm³/mol. The highest BCUT2D eigenvalue weighted by Gasteiger charge is 2.38. The number of hydrogen-bond acceptors (Lipinski definition) is 5.